The number of nitrogens with zero attached hydrogens (tertiary/aromatic N) is 4. The number of benzene rings is 3. The molecule has 1 fully saturated rings. The minimum atomic E-state index is -0.232. The van der Waals surface area contributed by atoms with Crippen molar-refractivity contribution in [2.75, 3.05) is 67.3 Å². The Bertz CT molecular complexity index is 1310. The standard InChI is InChI=1S/C28H32N6OS/c1-32(2)23-13-11-22(12-14-23)29-28(35)30-25-9-5-3-7-21(25)15-16-33-17-19-34(20-18-33)27-24-8-4-6-10-26(24)36-31-27/h3-14H,15-20H2,1-2H3,(H2,29,30,35). The highest BCUT2D eigenvalue weighted by Crippen LogP contribution is 2.30. The van der Waals surface area contributed by atoms with E-state index in [-0.39, 0.29) is 6.03 Å². The maximum absolute atomic E-state index is 12.6. The van der Waals surface area contributed by atoms with Gasteiger partial charge in [-0.25, -0.2) is 4.79 Å². The van der Waals surface area contributed by atoms with Crippen LogP contribution < -0.4 is 20.4 Å². The van der Waals surface area contributed by atoms with Gasteiger partial charge in [0.05, 0.1) is 4.70 Å². The third-order valence-corrected chi connectivity index (χ3v) is 7.45. The number of hydrogen-bond acceptors (Lipinski definition) is 6. The van der Waals surface area contributed by atoms with Crippen molar-refractivity contribution >= 4 is 50.5 Å². The van der Waals surface area contributed by atoms with Crippen LogP contribution in [0.5, 0.6) is 0 Å². The summed E-state index contributed by atoms with van der Waals surface area (Å²) in [4.78, 5) is 19.6. The van der Waals surface area contributed by atoms with Crippen LogP contribution in [-0.2, 0) is 6.42 Å². The quantitative estimate of drug-likeness (QED) is 0.357. The zero-order valence-electron chi connectivity index (χ0n) is 20.8. The molecule has 0 unspecified atom stereocenters. The predicted molar refractivity (Wildman–Crippen MR) is 152 cm³/mol. The van der Waals surface area contributed by atoms with Crippen LogP contribution in [0.1, 0.15) is 5.56 Å². The molecule has 8 heteroatoms. The third-order valence-electron chi connectivity index (χ3n) is 6.63. The van der Waals surface area contributed by atoms with E-state index < -0.39 is 0 Å². The van der Waals surface area contributed by atoms with Gasteiger partial charge >= 0.3 is 6.03 Å². The molecule has 1 aliphatic rings. The minimum absolute atomic E-state index is 0.232. The highest BCUT2D eigenvalue weighted by molar-refractivity contribution is 7.13. The first-order valence-corrected chi connectivity index (χ1v) is 13.1. The third kappa shape index (κ3) is 5.61. The molecule has 186 valence electrons. The SMILES string of the molecule is CN(C)c1ccc(NC(=O)Nc2ccccc2CCN2CCN(c3nsc4ccccc34)CC2)cc1. The molecule has 1 aromatic heterocycles. The van der Waals surface area contributed by atoms with E-state index in [0.29, 0.717) is 0 Å². The van der Waals surface area contributed by atoms with Crippen molar-refractivity contribution < 1.29 is 4.79 Å². The molecule has 0 aliphatic carbocycles. The highest BCUT2D eigenvalue weighted by atomic mass is 32.1. The fourth-order valence-corrected chi connectivity index (χ4v) is 5.35. The van der Waals surface area contributed by atoms with Crippen LogP contribution in [0.2, 0.25) is 0 Å². The summed E-state index contributed by atoms with van der Waals surface area (Å²) >= 11 is 1.58. The monoisotopic (exact) mass is 500 g/mol. The maximum atomic E-state index is 12.6. The number of amides is 2. The van der Waals surface area contributed by atoms with Gasteiger partial charge in [-0.3, -0.25) is 4.90 Å². The Kier molecular flexibility index (Phi) is 7.34. The highest BCUT2D eigenvalue weighted by Gasteiger charge is 2.20. The van der Waals surface area contributed by atoms with E-state index in [0.717, 1.165) is 67.6 Å². The Morgan fingerprint density at radius 2 is 1.64 bits per heavy atom. The van der Waals surface area contributed by atoms with Crippen LogP contribution in [-0.4, -0.2) is 62.1 Å². The maximum Gasteiger partial charge on any atom is 0.323 e. The second kappa shape index (κ2) is 11.0. The van der Waals surface area contributed by atoms with Crippen LogP contribution in [0.3, 0.4) is 0 Å². The van der Waals surface area contributed by atoms with Gasteiger partial charge < -0.3 is 20.4 Å². The van der Waals surface area contributed by atoms with Crippen molar-refractivity contribution in [3.63, 3.8) is 0 Å². The number of fused-ring (bicyclic) bond motifs is 1. The van der Waals surface area contributed by atoms with Gasteiger partial charge in [-0.05, 0) is 66.0 Å². The zero-order valence-corrected chi connectivity index (χ0v) is 21.6. The molecule has 0 atom stereocenters. The van der Waals surface area contributed by atoms with Gasteiger partial charge in [0.1, 0.15) is 5.82 Å². The number of urea groups is 1. The lowest BCUT2D eigenvalue weighted by atomic mass is 10.1. The Labute approximate surface area is 216 Å². The molecule has 3 aromatic carbocycles. The smallest absolute Gasteiger partial charge is 0.323 e. The molecule has 1 aliphatic heterocycles. The van der Waals surface area contributed by atoms with Crippen LogP contribution in [0, 0.1) is 0 Å². The van der Waals surface area contributed by atoms with E-state index in [4.69, 9.17) is 4.37 Å². The lowest BCUT2D eigenvalue weighted by molar-refractivity contribution is 0.260. The first-order valence-electron chi connectivity index (χ1n) is 12.3. The summed E-state index contributed by atoms with van der Waals surface area (Å²) < 4.78 is 5.96. The van der Waals surface area contributed by atoms with Crippen LogP contribution in [0.15, 0.2) is 72.8 Å². The molecule has 2 amide bonds. The number of anilines is 4. The van der Waals surface area contributed by atoms with Crippen molar-refractivity contribution in [2.45, 2.75) is 6.42 Å². The number of hydrogen-bond donors (Lipinski definition) is 2. The molecule has 7 nitrogen and oxygen atoms in total. The van der Waals surface area contributed by atoms with Gasteiger partial charge in [-0.2, -0.15) is 4.37 Å². The van der Waals surface area contributed by atoms with Crippen molar-refractivity contribution in [1.82, 2.24) is 9.27 Å². The summed E-state index contributed by atoms with van der Waals surface area (Å²) in [5.41, 5.74) is 3.85. The average molecular weight is 501 g/mol. The number of nitrogens with one attached hydrogen (secondary N) is 2. The Morgan fingerprint density at radius 3 is 2.42 bits per heavy atom. The topological polar surface area (TPSA) is 63.7 Å². The summed E-state index contributed by atoms with van der Waals surface area (Å²) in [7, 11) is 3.99. The zero-order chi connectivity index (χ0) is 24.9. The van der Waals surface area contributed by atoms with E-state index in [1.807, 2.05) is 61.5 Å². The second-order valence-electron chi connectivity index (χ2n) is 9.26. The van der Waals surface area contributed by atoms with E-state index in [2.05, 4.69) is 50.8 Å². The van der Waals surface area contributed by atoms with E-state index in [1.165, 1.54) is 10.1 Å². The molecule has 0 saturated carbocycles. The van der Waals surface area contributed by atoms with E-state index in [9.17, 15) is 4.79 Å². The second-order valence-corrected chi connectivity index (χ2v) is 10.1. The predicted octanol–water partition coefficient (Wildman–Crippen LogP) is 5.37. The molecule has 1 saturated heterocycles. The summed E-state index contributed by atoms with van der Waals surface area (Å²) in [5.74, 6) is 1.12. The van der Waals surface area contributed by atoms with Gasteiger partial charge in [-0.1, -0.05) is 30.3 Å². The summed E-state index contributed by atoms with van der Waals surface area (Å²) in [6.45, 7) is 4.92. The van der Waals surface area contributed by atoms with Gasteiger partial charge in [0, 0.05) is 69.3 Å². The van der Waals surface area contributed by atoms with Crippen LogP contribution in [0.4, 0.5) is 27.7 Å². The average Bonchev–Trinajstić information content (AvgIpc) is 3.33. The molecule has 5 rings (SSSR count). The van der Waals surface area contributed by atoms with Gasteiger partial charge in [0.2, 0.25) is 0 Å². The number of rotatable bonds is 7. The van der Waals surface area contributed by atoms with Gasteiger partial charge in [0.25, 0.3) is 0 Å². The van der Waals surface area contributed by atoms with E-state index >= 15 is 0 Å². The fourth-order valence-electron chi connectivity index (χ4n) is 4.55. The largest absolute Gasteiger partial charge is 0.378 e. The minimum Gasteiger partial charge on any atom is -0.378 e. The van der Waals surface area contributed by atoms with E-state index in [1.54, 1.807) is 11.5 Å². The van der Waals surface area contributed by atoms with Crippen molar-refractivity contribution in [1.29, 1.82) is 0 Å². The Hall–Kier alpha value is -3.62. The molecule has 2 heterocycles. The lowest BCUT2D eigenvalue weighted by Gasteiger charge is -2.35. The summed E-state index contributed by atoms with van der Waals surface area (Å²) in [6, 6.07) is 24.1. The fraction of sp³-hybridized carbons (Fsp3) is 0.286. The molecule has 0 bridgehead atoms. The molecule has 2 N–H and O–H groups in total. The Morgan fingerprint density at radius 1 is 0.917 bits per heavy atom. The summed E-state index contributed by atoms with van der Waals surface area (Å²) in [5, 5.41) is 7.22. The Balaban J connectivity index is 1.14. The van der Waals surface area contributed by atoms with Crippen LogP contribution >= 0.6 is 11.5 Å². The molecule has 0 radical (unpaired) electrons. The normalized spacial score (nSPS) is 14.1. The molecular formula is C28H32N6OS. The number of piperazine rings is 1. The number of para-hydroxylation sites is 1. The van der Waals surface area contributed by atoms with Gasteiger partial charge in [-0.15, -0.1) is 0 Å². The first-order chi connectivity index (χ1) is 17.6. The van der Waals surface area contributed by atoms with Crippen molar-refractivity contribution in [3.8, 4) is 0 Å². The summed E-state index contributed by atoms with van der Waals surface area (Å²) in [6.07, 6.45) is 0.883. The molecular weight excluding hydrogens is 468 g/mol. The molecule has 36 heavy (non-hydrogen) atoms. The van der Waals surface area contributed by atoms with Gasteiger partial charge in [0.15, 0.2) is 0 Å². The van der Waals surface area contributed by atoms with Crippen molar-refractivity contribution in [2.24, 2.45) is 0 Å². The first kappa shape index (κ1) is 24.1. The van der Waals surface area contributed by atoms with Crippen LogP contribution in [0.25, 0.3) is 10.1 Å². The number of carbonyl (C=O) groups excluding carboxylic acids is 1. The molecule has 4 aromatic rings. The number of carbonyl (C=O) groups is 1. The van der Waals surface area contributed by atoms with Crippen molar-refractivity contribution in [3.05, 3.63) is 78.4 Å². The molecule has 0 spiro atoms. The number of aromatic nitrogens is 1. The lowest BCUT2D eigenvalue weighted by Crippen LogP contribution is -2.47.